The van der Waals surface area contributed by atoms with Gasteiger partial charge in [-0.3, -0.25) is 0 Å². The fourth-order valence-electron chi connectivity index (χ4n) is 1.30. The third kappa shape index (κ3) is 1.28. The van der Waals surface area contributed by atoms with Gasteiger partial charge >= 0.3 is 0 Å². The fraction of sp³-hybridized carbons (Fsp3) is 0.333. The predicted octanol–water partition coefficient (Wildman–Crippen LogP) is 1.73. The first-order valence-corrected chi connectivity index (χ1v) is 4.34. The molecule has 0 aliphatic carbocycles. The van der Waals surface area contributed by atoms with Gasteiger partial charge in [0.05, 0.1) is 5.02 Å². The fourth-order valence-corrected chi connectivity index (χ4v) is 1.49. The van der Waals surface area contributed by atoms with Crippen molar-refractivity contribution in [3.05, 3.63) is 28.8 Å². The zero-order chi connectivity index (χ0) is 8.55. The molecule has 1 saturated heterocycles. The van der Waals surface area contributed by atoms with Crippen molar-refractivity contribution in [3.8, 4) is 5.75 Å². The van der Waals surface area contributed by atoms with E-state index in [1.165, 1.54) is 5.56 Å². The molecule has 1 aliphatic heterocycles. The van der Waals surface area contributed by atoms with Gasteiger partial charge in [-0.1, -0.05) is 17.7 Å². The highest BCUT2D eigenvalue weighted by Crippen LogP contribution is 2.28. The number of aromatic hydroxyl groups is 1. The molecule has 0 atom stereocenters. The Hall–Kier alpha value is -0.730. The maximum absolute atomic E-state index is 9.17. The molecule has 1 heterocycles. The van der Waals surface area contributed by atoms with E-state index in [9.17, 15) is 0 Å². The topological polar surface area (TPSA) is 32.3 Å². The van der Waals surface area contributed by atoms with E-state index in [-0.39, 0.29) is 5.75 Å². The molecule has 0 saturated carbocycles. The van der Waals surface area contributed by atoms with Gasteiger partial charge in [-0.15, -0.1) is 0 Å². The van der Waals surface area contributed by atoms with Gasteiger partial charge in [0.1, 0.15) is 5.75 Å². The first-order chi connectivity index (χ1) is 5.77. The monoisotopic (exact) mass is 183 g/mol. The molecule has 1 fully saturated rings. The number of halogens is 1. The molecular weight excluding hydrogens is 174 g/mol. The van der Waals surface area contributed by atoms with Gasteiger partial charge in [0, 0.05) is 19.0 Å². The molecule has 1 aromatic rings. The lowest BCUT2D eigenvalue weighted by Gasteiger charge is -2.27. The number of benzene rings is 1. The van der Waals surface area contributed by atoms with Crippen molar-refractivity contribution in [2.45, 2.75) is 5.92 Å². The number of phenols is 1. The molecule has 0 bridgehead atoms. The van der Waals surface area contributed by atoms with Crippen molar-refractivity contribution in [2.75, 3.05) is 13.1 Å². The molecule has 0 spiro atoms. The Bertz CT molecular complexity index is 297. The molecule has 64 valence electrons. The van der Waals surface area contributed by atoms with Gasteiger partial charge in [0.25, 0.3) is 0 Å². The van der Waals surface area contributed by atoms with Crippen LogP contribution in [0.15, 0.2) is 18.2 Å². The van der Waals surface area contributed by atoms with Crippen LogP contribution in [0.1, 0.15) is 11.5 Å². The highest BCUT2D eigenvalue weighted by atomic mass is 35.5. The zero-order valence-electron chi connectivity index (χ0n) is 6.55. The summed E-state index contributed by atoms with van der Waals surface area (Å²) in [6.45, 7) is 2.03. The largest absolute Gasteiger partial charge is 0.506 e. The molecule has 1 aromatic carbocycles. The molecule has 12 heavy (non-hydrogen) atoms. The number of rotatable bonds is 1. The minimum Gasteiger partial charge on any atom is -0.506 e. The van der Waals surface area contributed by atoms with Gasteiger partial charge in [-0.05, 0) is 17.7 Å². The average molecular weight is 184 g/mol. The summed E-state index contributed by atoms with van der Waals surface area (Å²) in [5, 5.41) is 12.8. The second-order valence-electron chi connectivity index (χ2n) is 3.07. The van der Waals surface area contributed by atoms with E-state index in [2.05, 4.69) is 5.32 Å². The van der Waals surface area contributed by atoms with Crippen LogP contribution in [0.5, 0.6) is 5.75 Å². The zero-order valence-corrected chi connectivity index (χ0v) is 7.30. The van der Waals surface area contributed by atoms with Crippen LogP contribution in [0, 0.1) is 0 Å². The normalized spacial score (nSPS) is 17.4. The summed E-state index contributed by atoms with van der Waals surface area (Å²) in [5.74, 6) is 0.732. The molecule has 0 unspecified atom stereocenters. The summed E-state index contributed by atoms with van der Waals surface area (Å²) in [7, 11) is 0. The summed E-state index contributed by atoms with van der Waals surface area (Å²) >= 11 is 5.77. The second kappa shape index (κ2) is 2.96. The number of hydrogen-bond donors (Lipinski definition) is 2. The molecule has 1 aliphatic rings. The summed E-state index contributed by atoms with van der Waals surface area (Å²) < 4.78 is 0. The van der Waals surface area contributed by atoms with Crippen LogP contribution in [0.2, 0.25) is 5.02 Å². The van der Waals surface area contributed by atoms with Crippen LogP contribution < -0.4 is 5.32 Å². The van der Waals surface area contributed by atoms with E-state index in [4.69, 9.17) is 16.7 Å². The van der Waals surface area contributed by atoms with E-state index >= 15 is 0 Å². The lowest BCUT2D eigenvalue weighted by Crippen LogP contribution is -2.39. The van der Waals surface area contributed by atoms with Gasteiger partial charge < -0.3 is 10.4 Å². The first kappa shape index (κ1) is 7.90. The lowest BCUT2D eigenvalue weighted by molar-refractivity contribution is 0.446. The van der Waals surface area contributed by atoms with E-state index in [0.717, 1.165) is 13.1 Å². The van der Waals surface area contributed by atoms with Crippen molar-refractivity contribution in [3.63, 3.8) is 0 Å². The number of hydrogen-bond acceptors (Lipinski definition) is 2. The molecule has 3 heteroatoms. The van der Waals surface area contributed by atoms with Crippen LogP contribution in [0.4, 0.5) is 0 Å². The summed E-state index contributed by atoms with van der Waals surface area (Å²) in [6, 6.07) is 5.41. The highest BCUT2D eigenvalue weighted by molar-refractivity contribution is 6.32. The third-order valence-electron chi connectivity index (χ3n) is 2.22. The Morgan fingerprint density at radius 1 is 1.42 bits per heavy atom. The second-order valence-corrected chi connectivity index (χ2v) is 3.47. The lowest BCUT2D eigenvalue weighted by atomic mass is 9.94. The smallest absolute Gasteiger partial charge is 0.134 e. The third-order valence-corrected chi connectivity index (χ3v) is 2.53. The van der Waals surface area contributed by atoms with Crippen molar-refractivity contribution in [2.24, 2.45) is 0 Å². The van der Waals surface area contributed by atoms with E-state index in [0.29, 0.717) is 10.9 Å². The molecule has 0 radical (unpaired) electrons. The highest BCUT2D eigenvalue weighted by Gasteiger charge is 2.19. The van der Waals surface area contributed by atoms with Gasteiger partial charge in [-0.25, -0.2) is 0 Å². The molecular formula is C9H10ClNO. The van der Waals surface area contributed by atoms with Gasteiger partial charge in [0.2, 0.25) is 0 Å². The molecule has 0 amide bonds. The minimum absolute atomic E-state index is 0.160. The van der Waals surface area contributed by atoms with E-state index in [1.54, 1.807) is 6.07 Å². The van der Waals surface area contributed by atoms with Gasteiger partial charge in [0.15, 0.2) is 0 Å². The maximum atomic E-state index is 9.17. The van der Waals surface area contributed by atoms with Crippen molar-refractivity contribution in [1.82, 2.24) is 5.32 Å². The van der Waals surface area contributed by atoms with Crippen molar-refractivity contribution in [1.29, 1.82) is 0 Å². The van der Waals surface area contributed by atoms with Crippen LogP contribution in [0.25, 0.3) is 0 Å². The van der Waals surface area contributed by atoms with Crippen molar-refractivity contribution >= 4 is 11.6 Å². The Kier molecular flexibility index (Phi) is 1.95. The van der Waals surface area contributed by atoms with Gasteiger partial charge in [-0.2, -0.15) is 0 Å². The molecule has 2 nitrogen and oxygen atoms in total. The summed E-state index contributed by atoms with van der Waals surface area (Å²) in [4.78, 5) is 0. The van der Waals surface area contributed by atoms with Crippen LogP contribution >= 0.6 is 11.6 Å². The SMILES string of the molecule is Oc1ccc(C2CNC2)cc1Cl. The summed E-state index contributed by atoms with van der Waals surface area (Å²) in [5.41, 5.74) is 1.21. The van der Waals surface area contributed by atoms with E-state index < -0.39 is 0 Å². The average Bonchev–Trinajstić information content (AvgIpc) is 1.93. The Morgan fingerprint density at radius 3 is 2.67 bits per heavy atom. The van der Waals surface area contributed by atoms with Crippen LogP contribution in [0.3, 0.4) is 0 Å². The minimum atomic E-state index is 0.160. The Balaban J connectivity index is 2.27. The van der Waals surface area contributed by atoms with Crippen molar-refractivity contribution < 1.29 is 5.11 Å². The number of nitrogens with one attached hydrogen (secondary N) is 1. The maximum Gasteiger partial charge on any atom is 0.134 e. The Morgan fingerprint density at radius 2 is 2.17 bits per heavy atom. The predicted molar refractivity (Wildman–Crippen MR) is 48.7 cm³/mol. The molecule has 2 rings (SSSR count). The standard InChI is InChI=1S/C9H10ClNO/c10-8-3-6(1-2-9(8)12)7-4-11-5-7/h1-3,7,11-12H,4-5H2. The van der Waals surface area contributed by atoms with Crippen LogP contribution in [-0.4, -0.2) is 18.2 Å². The first-order valence-electron chi connectivity index (χ1n) is 3.96. The van der Waals surface area contributed by atoms with E-state index in [1.807, 2.05) is 12.1 Å². The summed E-state index contributed by atoms with van der Waals surface area (Å²) in [6.07, 6.45) is 0. The van der Waals surface area contributed by atoms with Crippen LogP contribution in [-0.2, 0) is 0 Å². The molecule has 0 aromatic heterocycles. The number of phenolic OH excluding ortho intramolecular Hbond substituents is 1. The molecule has 2 N–H and O–H groups in total. The quantitative estimate of drug-likeness (QED) is 0.695. The Labute approximate surface area is 76.2 Å².